The highest BCUT2D eigenvalue weighted by molar-refractivity contribution is 6.01. The quantitative estimate of drug-likeness (QED) is 0.163. The average Bonchev–Trinajstić information content (AvgIpc) is 3.29. The predicted molar refractivity (Wildman–Crippen MR) is 234 cm³/mol. The van der Waals surface area contributed by atoms with Gasteiger partial charge in [0.15, 0.2) is 23.3 Å². The molecule has 0 spiro atoms. The van der Waals surface area contributed by atoms with Crippen LogP contribution in [-0.2, 0) is 0 Å². The SMILES string of the molecule is CC1CC(c2cc(-c3ccccc3)nc(-c3ccc4ccccc4c3)n2)=CC=C1c1c(-c2nc(-c3ccccc3)nc(-c3ccccc3)n2)ccc2ccccc12. The molecule has 1 aliphatic carbocycles. The van der Waals surface area contributed by atoms with Crippen LogP contribution >= 0.6 is 0 Å². The van der Waals surface area contributed by atoms with Crippen molar-refractivity contribution in [1.82, 2.24) is 24.9 Å². The van der Waals surface area contributed by atoms with Crippen LogP contribution in [0.5, 0.6) is 0 Å². The summed E-state index contributed by atoms with van der Waals surface area (Å²) in [5.41, 5.74) is 10.3. The van der Waals surface area contributed by atoms with Gasteiger partial charge in [-0.05, 0) is 68.8 Å². The van der Waals surface area contributed by atoms with Crippen LogP contribution in [0.2, 0.25) is 0 Å². The van der Waals surface area contributed by atoms with Gasteiger partial charge in [-0.3, -0.25) is 0 Å². The lowest BCUT2D eigenvalue weighted by Gasteiger charge is -2.25. The lowest BCUT2D eigenvalue weighted by molar-refractivity contribution is 0.769. The van der Waals surface area contributed by atoms with Crippen LogP contribution in [0, 0.1) is 5.92 Å². The van der Waals surface area contributed by atoms with E-state index in [0.717, 1.165) is 57.0 Å². The Hall–Kier alpha value is -7.37. The highest BCUT2D eigenvalue weighted by Crippen LogP contribution is 2.43. The summed E-state index contributed by atoms with van der Waals surface area (Å²) in [6, 6.07) is 60.7. The number of allylic oxidation sites excluding steroid dienone is 4. The normalized spacial score (nSPS) is 14.0. The Kier molecular flexibility index (Phi) is 8.81. The molecule has 0 saturated heterocycles. The minimum atomic E-state index is 0.165. The number of benzene rings is 7. The molecule has 0 radical (unpaired) electrons. The molecule has 5 nitrogen and oxygen atoms in total. The number of hydrogen-bond acceptors (Lipinski definition) is 5. The molecule has 2 aromatic heterocycles. The summed E-state index contributed by atoms with van der Waals surface area (Å²) in [4.78, 5) is 25.7. The molecular formula is C52H37N5. The molecular weight excluding hydrogens is 695 g/mol. The van der Waals surface area contributed by atoms with Gasteiger partial charge in [-0.2, -0.15) is 0 Å². The van der Waals surface area contributed by atoms with E-state index in [0.29, 0.717) is 17.5 Å². The van der Waals surface area contributed by atoms with E-state index >= 15 is 0 Å². The van der Waals surface area contributed by atoms with E-state index < -0.39 is 0 Å². The highest BCUT2D eigenvalue weighted by atomic mass is 15.0. The molecule has 9 aromatic rings. The molecule has 0 fully saturated rings. The minimum Gasteiger partial charge on any atom is -0.228 e. The van der Waals surface area contributed by atoms with Gasteiger partial charge in [-0.25, -0.2) is 24.9 Å². The van der Waals surface area contributed by atoms with Crippen LogP contribution in [-0.4, -0.2) is 24.9 Å². The molecule has 1 aliphatic rings. The van der Waals surface area contributed by atoms with Crippen molar-refractivity contribution in [2.45, 2.75) is 13.3 Å². The number of rotatable bonds is 7. The van der Waals surface area contributed by atoms with E-state index in [9.17, 15) is 0 Å². The molecule has 0 bridgehead atoms. The van der Waals surface area contributed by atoms with E-state index in [-0.39, 0.29) is 5.92 Å². The smallest absolute Gasteiger partial charge is 0.164 e. The van der Waals surface area contributed by atoms with Gasteiger partial charge in [0.1, 0.15) is 0 Å². The van der Waals surface area contributed by atoms with Gasteiger partial charge < -0.3 is 0 Å². The Morgan fingerprint density at radius 3 is 1.63 bits per heavy atom. The third-order valence-corrected chi connectivity index (χ3v) is 10.8. The van der Waals surface area contributed by atoms with E-state index in [4.69, 9.17) is 24.9 Å². The van der Waals surface area contributed by atoms with Gasteiger partial charge in [0.05, 0.1) is 11.4 Å². The summed E-state index contributed by atoms with van der Waals surface area (Å²) in [6.45, 7) is 2.31. The summed E-state index contributed by atoms with van der Waals surface area (Å²) >= 11 is 0. The zero-order valence-electron chi connectivity index (χ0n) is 31.4. The topological polar surface area (TPSA) is 64.5 Å². The summed E-state index contributed by atoms with van der Waals surface area (Å²) in [7, 11) is 0. The van der Waals surface area contributed by atoms with Crippen molar-refractivity contribution < 1.29 is 0 Å². The highest BCUT2D eigenvalue weighted by Gasteiger charge is 2.25. The van der Waals surface area contributed by atoms with Crippen LogP contribution in [0.3, 0.4) is 0 Å². The maximum atomic E-state index is 5.25. The van der Waals surface area contributed by atoms with Gasteiger partial charge in [0.2, 0.25) is 0 Å². The summed E-state index contributed by atoms with van der Waals surface area (Å²) in [6.07, 6.45) is 5.34. The zero-order chi connectivity index (χ0) is 38.1. The minimum absolute atomic E-state index is 0.165. The molecule has 1 unspecified atom stereocenters. The second-order valence-electron chi connectivity index (χ2n) is 14.6. The second kappa shape index (κ2) is 14.7. The van der Waals surface area contributed by atoms with Crippen molar-refractivity contribution in [2.75, 3.05) is 0 Å². The molecule has 7 aromatic carbocycles. The maximum absolute atomic E-state index is 5.25. The summed E-state index contributed by atoms with van der Waals surface area (Å²) in [5, 5.41) is 4.70. The van der Waals surface area contributed by atoms with Gasteiger partial charge in [0, 0.05) is 27.8 Å². The van der Waals surface area contributed by atoms with Gasteiger partial charge >= 0.3 is 0 Å². The van der Waals surface area contributed by atoms with Crippen molar-refractivity contribution in [3.63, 3.8) is 0 Å². The first-order valence-corrected chi connectivity index (χ1v) is 19.4. The van der Waals surface area contributed by atoms with Crippen LogP contribution < -0.4 is 0 Å². The summed E-state index contributed by atoms with van der Waals surface area (Å²) in [5.74, 6) is 2.82. The average molecular weight is 732 g/mol. The Labute approximate surface area is 331 Å². The third kappa shape index (κ3) is 6.70. The molecule has 0 amide bonds. The predicted octanol–water partition coefficient (Wildman–Crippen LogP) is 12.8. The number of nitrogens with zero attached hydrogens (tertiary/aromatic N) is 5. The fourth-order valence-corrected chi connectivity index (χ4v) is 7.91. The molecule has 5 heteroatoms. The molecule has 0 aliphatic heterocycles. The van der Waals surface area contributed by atoms with Crippen molar-refractivity contribution in [1.29, 1.82) is 0 Å². The Morgan fingerprint density at radius 1 is 0.404 bits per heavy atom. The van der Waals surface area contributed by atoms with Crippen molar-refractivity contribution in [3.8, 4) is 56.8 Å². The molecule has 0 saturated carbocycles. The Balaban J connectivity index is 1.13. The van der Waals surface area contributed by atoms with Gasteiger partial charge in [0.25, 0.3) is 0 Å². The lowest BCUT2D eigenvalue weighted by atomic mass is 9.80. The van der Waals surface area contributed by atoms with E-state index in [2.05, 4.69) is 153 Å². The van der Waals surface area contributed by atoms with Crippen LogP contribution in [0.4, 0.5) is 0 Å². The van der Waals surface area contributed by atoms with Gasteiger partial charge in [-0.1, -0.05) is 177 Å². The first kappa shape index (κ1) is 34.1. The number of hydrogen-bond donors (Lipinski definition) is 0. The standard InChI is InChI=1S/C52H37N5/c1-34-31-41(47-33-46(37-17-5-2-6-18-37)53-51(54-47)42-26-25-35-15-11-12-23-40(35)32-42)28-29-43(34)48-44-24-14-13-16-36(44)27-30-45(48)52-56-49(38-19-7-3-8-20-38)55-50(57-52)39-21-9-4-10-22-39/h2-30,32-34H,31H2,1H3. The van der Waals surface area contributed by atoms with E-state index in [1.54, 1.807) is 0 Å². The zero-order valence-corrected chi connectivity index (χ0v) is 31.4. The number of fused-ring (bicyclic) bond motifs is 2. The third-order valence-electron chi connectivity index (χ3n) is 10.8. The lowest BCUT2D eigenvalue weighted by Crippen LogP contribution is -2.09. The van der Waals surface area contributed by atoms with Crippen LogP contribution in [0.25, 0.3) is 89.5 Å². The Bertz CT molecular complexity index is 2930. The molecule has 270 valence electrons. The molecule has 2 heterocycles. The first-order valence-electron chi connectivity index (χ1n) is 19.4. The van der Waals surface area contributed by atoms with Gasteiger partial charge in [-0.15, -0.1) is 0 Å². The second-order valence-corrected chi connectivity index (χ2v) is 14.6. The fraction of sp³-hybridized carbons (Fsp3) is 0.0577. The molecule has 0 N–H and O–H groups in total. The van der Waals surface area contributed by atoms with E-state index in [1.165, 1.54) is 32.7 Å². The number of aromatic nitrogens is 5. The fourth-order valence-electron chi connectivity index (χ4n) is 7.91. The monoisotopic (exact) mass is 731 g/mol. The van der Waals surface area contributed by atoms with Crippen molar-refractivity contribution in [3.05, 3.63) is 199 Å². The van der Waals surface area contributed by atoms with Crippen molar-refractivity contribution >= 4 is 32.7 Å². The largest absolute Gasteiger partial charge is 0.228 e. The molecule has 10 rings (SSSR count). The summed E-state index contributed by atoms with van der Waals surface area (Å²) < 4.78 is 0. The first-order chi connectivity index (χ1) is 28.1. The Morgan fingerprint density at radius 2 is 0.947 bits per heavy atom. The van der Waals surface area contributed by atoms with Crippen LogP contribution in [0.1, 0.15) is 24.6 Å². The molecule has 1 atom stereocenters. The van der Waals surface area contributed by atoms with E-state index in [1.807, 2.05) is 42.5 Å². The van der Waals surface area contributed by atoms with Crippen LogP contribution in [0.15, 0.2) is 188 Å². The maximum Gasteiger partial charge on any atom is 0.164 e. The van der Waals surface area contributed by atoms with Crippen molar-refractivity contribution in [2.24, 2.45) is 5.92 Å². The molecule has 57 heavy (non-hydrogen) atoms.